The van der Waals surface area contributed by atoms with Crippen LogP contribution < -0.4 is 86.8 Å². The van der Waals surface area contributed by atoms with Crippen LogP contribution in [0.25, 0.3) is 10.9 Å². The second kappa shape index (κ2) is 53.3. The summed E-state index contributed by atoms with van der Waals surface area (Å²) in [4.78, 5) is 206. The molecule has 119 heavy (non-hydrogen) atoms. The lowest BCUT2D eigenvalue weighted by molar-refractivity contribution is -0.133. The van der Waals surface area contributed by atoms with Gasteiger partial charge in [0.1, 0.15) is 23.4 Å². The first-order valence-corrected chi connectivity index (χ1v) is 42.1. The Balaban J connectivity index is 1.45. The van der Waals surface area contributed by atoms with Gasteiger partial charge in [0.25, 0.3) is 0 Å². The van der Waals surface area contributed by atoms with E-state index < -0.39 is 161 Å². The maximum Gasteiger partial charge on any atom is 0.239 e. The van der Waals surface area contributed by atoms with E-state index in [4.69, 9.17) is 17.2 Å². The topological polar surface area (TPSA) is 527 Å². The molecule has 4 rings (SSSR count). The molecule has 14 atom stereocenters. The van der Waals surface area contributed by atoms with E-state index >= 15 is 0 Å². The number of nitrogens with one attached hydrogen (secondary N) is 14. The van der Waals surface area contributed by atoms with E-state index in [1.54, 1.807) is 80.6 Å². The van der Waals surface area contributed by atoms with E-state index in [1.807, 2.05) is 50.3 Å². The highest BCUT2D eigenvalue weighted by Gasteiger charge is 2.38. The Bertz CT molecular complexity index is 3880. The number of aromatic amines is 1. The van der Waals surface area contributed by atoms with Crippen molar-refractivity contribution < 1.29 is 77.0 Å². The minimum absolute atomic E-state index is 0.00216. The summed E-state index contributed by atoms with van der Waals surface area (Å²) >= 11 is 0. The second-order valence-corrected chi connectivity index (χ2v) is 32.8. The number of hydrogen-bond donors (Lipinski definition) is 18. The molecule has 0 saturated carbocycles. The predicted molar refractivity (Wildman–Crippen MR) is 456 cm³/mol. The number of carbonyl (C=O) groups excluding carboxylic acids is 15. The maximum absolute atomic E-state index is 14.7. The number of allylic oxidation sites excluding steroid dienone is 2. The summed E-state index contributed by atoms with van der Waals surface area (Å²) in [6.45, 7) is 19.6. The van der Waals surface area contributed by atoms with Gasteiger partial charge in [0, 0.05) is 81.9 Å². The molecular weight excluding hydrogens is 1530 g/mol. The number of phenols is 1. The molecule has 21 N–H and O–H groups in total. The molecule has 33 heteroatoms. The first-order valence-electron chi connectivity index (χ1n) is 42.1. The quantitative estimate of drug-likeness (QED) is 0.0222. The van der Waals surface area contributed by atoms with Gasteiger partial charge in [0.2, 0.25) is 17.7 Å². The molecule has 2 heterocycles. The highest BCUT2D eigenvalue weighted by atomic mass is 16.3. The van der Waals surface area contributed by atoms with Crippen molar-refractivity contribution in [1.82, 2.24) is 74.5 Å². The van der Waals surface area contributed by atoms with Crippen LogP contribution in [0, 0.1) is 5.92 Å². The van der Waals surface area contributed by atoms with E-state index in [1.165, 1.54) is 19.1 Å². The molecule has 0 radical (unpaired) electrons. The van der Waals surface area contributed by atoms with Gasteiger partial charge in [-0.2, -0.15) is 0 Å². The van der Waals surface area contributed by atoms with Crippen LogP contribution in [-0.2, 0) is 84.8 Å². The first-order chi connectivity index (χ1) is 56.2. The van der Waals surface area contributed by atoms with Gasteiger partial charge >= 0.3 is 0 Å². The molecule has 1 aromatic heterocycles. The fourth-order valence-electron chi connectivity index (χ4n) is 13.3. The van der Waals surface area contributed by atoms with Gasteiger partial charge in [-0.15, -0.1) is 0 Å². The van der Waals surface area contributed by atoms with Crippen molar-refractivity contribution >= 4 is 98.0 Å². The summed E-state index contributed by atoms with van der Waals surface area (Å²) in [6.07, 6.45) is 9.99. The van der Waals surface area contributed by atoms with Gasteiger partial charge in [-0.1, -0.05) is 75.6 Å². The Morgan fingerprint density at radius 3 is 1.55 bits per heavy atom. The van der Waals surface area contributed by atoms with Crippen molar-refractivity contribution in [3.8, 4) is 5.75 Å². The maximum atomic E-state index is 14.7. The number of H-pyrrole nitrogens is 1. The van der Waals surface area contributed by atoms with Crippen molar-refractivity contribution in [3.05, 3.63) is 78.0 Å². The molecule has 0 unspecified atom stereocenters. The summed E-state index contributed by atoms with van der Waals surface area (Å²) in [5.41, 5.74) is 28.8. The summed E-state index contributed by atoms with van der Waals surface area (Å²) in [5.74, 6) is -6.35. The average Bonchev–Trinajstić information content (AvgIpc) is 1.75. The molecule has 0 bridgehead atoms. The number of hydrogen-bond acceptors (Lipinski definition) is 29. The number of ketones is 12. The smallest absolute Gasteiger partial charge is 0.239 e. The van der Waals surface area contributed by atoms with E-state index in [2.05, 4.69) is 74.5 Å². The third kappa shape index (κ3) is 38.4. The van der Waals surface area contributed by atoms with E-state index in [0.29, 0.717) is 31.2 Å². The number of Topliss-reactive ketones (excluding diaryl/α,β-unsaturated/α-hetero) is 12. The Hall–Kier alpha value is -8.55. The SMILES string of the molecule is CC(C)C[C@@H]1NN[C@@H](CCC(N)=O)C(=O)CN[C@@H](C)C(=O)CC(=O)[C@H](Cc2c[nH]c3ccccc23)NN[C@@H](Cc2ccc(O)cc2)C(=O)CN[C@@H](C)C(=O)CC(=O)[C@](C)(N)CCCCCC/C=C/CCC[C@@](C)(C(=O)CN[C@@H](C)C(=O)CCN[C@@H](C)C(=O)CCC(=O)[C@H](C)NCCC(=O)[C@H](C)NCCC(=O)[C@H](C)NCN[C@H](C)C(N)=O)NC1=O. The zero-order chi connectivity index (χ0) is 88.5. The zero-order valence-corrected chi connectivity index (χ0v) is 72.0. The van der Waals surface area contributed by atoms with Gasteiger partial charge in [-0.25, -0.2) is 21.7 Å². The number of phenolic OH excluding ortho intramolecular Hbond substituents is 1. The van der Waals surface area contributed by atoms with Crippen molar-refractivity contribution in [2.45, 2.75) is 302 Å². The van der Waals surface area contributed by atoms with Crippen LogP contribution in [0.4, 0.5) is 0 Å². The number of amides is 3. The molecule has 0 spiro atoms. The number of benzene rings is 2. The molecule has 1 aliphatic heterocycles. The van der Waals surface area contributed by atoms with Crippen LogP contribution in [0.2, 0.25) is 0 Å². The van der Waals surface area contributed by atoms with Crippen molar-refractivity contribution in [1.29, 1.82) is 0 Å². The number of hydrazine groups is 2. The lowest BCUT2D eigenvalue weighted by atomic mass is 9.87. The van der Waals surface area contributed by atoms with Crippen molar-refractivity contribution in [2.24, 2.45) is 23.1 Å². The van der Waals surface area contributed by atoms with E-state index in [9.17, 15) is 77.0 Å². The highest BCUT2D eigenvalue weighted by molar-refractivity contribution is 6.06. The number of rotatable bonds is 38. The van der Waals surface area contributed by atoms with Crippen LogP contribution >= 0.6 is 0 Å². The largest absolute Gasteiger partial charge is 0.508 e. The highest BCUT2D eigenvalue weighted by Crippen LogP contribution is 2.23. The summed E-state index contributed by atoms with van der Waals surface area (Å²) in [7, 11) is 0. The summed E-state index contributed by atoms with van der Waals surface area (Å²) in [5, 5.41) is 37.9. The number of para-hydroxylation sites is 1. The van der Waals surface area contributed by atoms with Crippen LogP contribution in [0.1, 0.15) is 216 Å². The van der Waals surface area contributed by atoms with Crippen LogP contribution in [0.15, 0.2) is 66.9 Å². The Labute approximate surface area is 700 Å². The van der Waals surface area contributed by atoms with E-state index in [0.717, 1.165) is 42.1 Å². The lowest BCUT2D eigenvalue weighted by Crippen LogP contribution is -2.62. The Morgan fingerprint density at radius 2 is 0.992 bits per heavy atom. The number of aromatic nitrogens is 1. The van der Waals surface area contributed by atoms with E-state index in [-0.39, 0.29) is 151 Å². The molecule has 0 saturated heterocycles. The average molecular weight is 1670 g/mol. The lowest BCUT2D eigenvalue weighted by Gasteiger charge is -2.33. The number of fused-ring (bicyclic) bond motifs is 1. The molecule has 662 valence electrons. The third-order valence-electron chi connectivity index (χ3n) is 22.0. The van der Waals surface area contributed by atoms with Gasteiger partial charge < -0.3 is 64.5 Å². The molecule has 3 amide bonds. The number of primary amides is 2. The van der Waals surface area contributed by atoms with Gasteiger partial charge in [-0.3, -0.25) is 82.6 Å². The zero-order valence-electron chi connectivity index (χ0n) is 72.0. The van der Waals surface area contributed by atoms with Gasteiger partial charge in [0.15, 0.2) is 57.8 Å². The molecule has 2 aromatic carbocycles. The van der Waals surface area contributed by atoms with Gasteiger partial charge in [-0.05, 0) is 169 Å². The fourth-order valence-corrected chi connectivity index (χ4v) is 13.3. The van der Waals surface area contributed by atoms with Crippen LogP contribution in [-0.4, -0.2) is 227 Å². The number of carbonyl (C=O) groups is 15. The second-order valence-electron chi connectivity index (χ2n) is 32.8. The minimum atomic E-state index is -1.51. The summed E-state index contributed by atoms with van der Waals surface area (Å²) < 4.78 is 0. The normalized spacial score (nSPS) is 23.6. The number of aromatic hydroxyl groups is 1. The minimum Gasteiger partial charge on any atom is -0.508 e. The molecule has 3 aromatic rings. The molecule has 0 fully saturated rings. The first kappa shape index (κ1) is 103. The standard InChI is InChI=1S/C86H137N17O16/c1-52(2)42-69-84(119)99-86(12,81(116)50-95-56(6)73(108)35-40-91-54(4)71(106)32-31-70(105)53(3)90-39-34-72(107)55(5)92-41-36-74(109)57(7)97-51-98-60(10)83(88)118)38-23-19-17-15-13-14-16-18-22-37-85(11,89)80(115)46-76(111)59(9)94-49-79(114)67(43-61-26-28-63(104)29-27-61)101-102-68(44-62-47-96-65-25-21-20-24-64(62)65)77(112)45-75(110)58(8)93-48-78(113)66(100-103-69)30-33-82(87)117/h15,17,20-21,24-29,47,52-60,66-69,90-98,100-104H,13-14,16,18-19,22-23,30-46,48-51,89H2,1-12H3,(H2,87,117)(H2,88,118)(H,99,119)/b17-15+/t53-,54-,55-,56-,57-,58-,59-,60+,66-,67-,68-,69-,85+,86-/m0/s1. The predicted octanol–water partition coefficient (Wildman–Crippen LogP) is 2.13. The van der Waals surface area contributed by atoms with Crippen molar-refractivity contribution in [3.63, 3.8) is 0 Å². The Morgan fingerprint density at radius 1 is 0.513 bits per heavy atom. The van der Waals surface area contributed by atoms with Gasteiger partial charge in [0.05, 0.1) is 110 Å². The Kier molecular flexibility index (Phi) is 46.0. The molecular formula is C86H137N17O16. The molecule has 33 nitrogen and oxygen atoms in total. The molecule has 0 aliphatic carbocycles. The summed E-state index contributed by atoms with van der Waals surface area (Å²) in [6, 6.07) is 3.40. The monoisotopic (exact) mass is 1660 g/mol. The fraction of sp³-hybridized carbons (Fsp3) is 0.640. The molecule has 1 aliphatic rings. The van der Waals surface area contributed by atoms with Crippen LogP contribution in [0.3, 0.4) is 0 Å². The van der Waals surface area contributed by atoms with Crippen LogP contribution in [0.5, 0.6) is 5.75 Å². The number of nitrogens with two attached hydrogens (primary N) is 3. The third-order valence-corrected chi connectivity index (χ3v) is 22.0. The van der Waals surface area contributed by atoms with Crippen molar-refractivity contribution in [2.75, 3.05) is 45.9 Å².